The van der Waals surface area contributed by atoms with Crippen molar-refractivity contribution in [2.75, 3.05) is 31.5 Å². The van der Waals surface area contributed by atoms with Gasteiger partial charge in [0.25, 0.3) is 0 Å². The van der Waals surface area contributed by atoms with E-state index < -0.39 is 23.4 Å². The van der Waals surface area contributed by atoms with E-state index in [1.54, 1.807) is 62.6 Å². The van der Waals surface area contributed by atoms with E-state index in [2.05, 4.69) is 27.1 Å². The van der Waals surface area contributed by atoms with Gasteiger partial charge in [-0.05, 0) is 59.7 Å². The Morgan fingerprint density at radius 2 is 1.78 bits per heavy atom. The lowest BCUT2D eigenvalue weighted by atomic mass is 10.2. The van der Waals surface area contributed by atoms with E-state index in [4.69, 9.17) is 9.47 Å². The number of carbonyl (C=O) groups is 3. The molecule has 11 heteroatoms. The Bertz CT molecular complexity index is 1510. The van der Waals surface area contributed by atoms with Crippen LogP contribution in [-0.4, -0.2) is 79.8 Å². The van der Waals surface area contributed by atoms with Gasteiger partial charge in [-0.1, -0.05) is 11.8 Å². The first-order chi connectivity index (χ1) is 19.3. The maximum atomic E-state index is 13.0. The second kappa shape index (κ2) is 12.0. The highest BCUT2D eigenvalue weighted by molar-refractivity contribution is 5.91. The fraction of sp³-hybridized carbons (Fsp3) is 0.433. The molecular weight excluding hydrogens is 524 g/mol. The van der Waals surface area contributed by atoms with Crippen molar-refractivity contribution in [2.24, 2.45) is 0 Å². The molecule has 11 nitrogen and oxygen atoms in total. The van der Waals surface area contributed by atoms with Crippen LogP contribution in [0.3, 0.4) is 0 Å². The Balaban J connectivity index is 1.36. The van der Waals surface area contributed by atoms with E-state index in [0.29, 0.717) is 48.6 Å². The fourth-order valence-electron chi connectivity index (χ4n) is 4.23. The number of fused-ring (bicyclic) bond motifs is 1. The zero-order valence-electron chi connectivity index (χ0n) is 24.4. The molecule has 3 aromatic heterocycles. The highest BCUT2D eigenvalue weighted by Crippen LogP contribution is 2.22. The molecule has 4 rings (SSSR count). The number of pyridine rings is 2. The number of hydrogen-bond donors (Lipinski definition) is 1. The lowest BCUT2D eigenvalue weighted by Gasteiger charge is -2.33. The van der Waals surface area contributed by atoms with Crippen molar-refractivity contribution in [3.63, 3.8) is 0 Å². The van der Waals surface area contributed by atoms with Gasteiger partial charge in [0, 0.05) is 43.3 Å². The third-order valence-corrected chi connectivity index (χ3v) is 6.01. The Kier molecular flexibility index (Phi) is 8.63. The number of nitrogens with zero attached hydrogens (tertiary/aromatic N) is 5. The van der Waals surface area contributed by atoms with Crippen LogP contribution >= 0.6 is 0 Å². The van der Waals surface area contributed by atoms with E-state index in [0.717, 1.165) is 5.39 Å². The van der Waals surface area contributed by atoms with Crippen molar-refractivity contribution < 1.29 is 23.9 Å². The molecule has 0 atom stereocenters. The number of aromatic nitrogens is 3. The molecule has 3 aromatic rings. The molecule has 1 N–H and O–H groups in total. The summed E-state index contributed by atoms with van der Waals surface area (Å²) in [7, 11) is 0. The topological polar surface area (TPSA) is 119 Å². The molecule has 0 aromatic carbocycles. The summed E-state index contributed by atoms with van der Waals surface area (Å²) in [5.74, 6) is 6.10. The van der Waals surface area contributed by atoms with E-state index >= 15 is 0 Å². The lowest BCUT2D eigenvalue weighted by molar-refractivity contribution is -0.136. The Labute approximate surface area is 239 Å². The summed E-state index contributed by atoms with van der Waals surface area (Å²) in [5, 5.41) is 3.51. The summed E-state index contributed by atoms with van der Waals surface area (Å²) in [5.41, 5.74) is 1.23. The first-order valence-electron chi connectivity index (χ1n) is 13.4. The molecule has 0 aliphatic carbocycles. The molecule has 0 spiro atoms. The van der Waals surface area contributed by atoms with Crippen LogP contribution in [0.4, 0.5) is 15.3 Å². The predicted octanol–water partition coefficient (Wildman–Crippen LogP) is 4.26. The van der Waals surface area contributed by atoms with Crippen molar-refractivity contribution in [2.45, 2.75) is 59.3 Å². The molecule has 216 valence electrons. The van der Waals surface area contributed by atoms with Crippen molar-refractivity contribution in [1.82, 2.24) is 24.3 Å². The molecule has 2 amide bonds. The van der Waals surface area contributed by atoms with Crippen LogP contribution in [0.5, 0.6) is 0 Å². The number of rotatable bonds is 4. The van der Waals surface area contributed by atoms with Gasteiger partial charge in [0.15, 0.2) is 0 Å². The van der Waals surface area contributed by atoms with Gasteiger partial charge < -0.3 is 14.4 Å². The smallest absolute Gasteiger partial charge is 0.418 e. The minimum atomic E-state index is -0.620. The number of nitrogens with one attached hydrogen (secondary N) is 1. The van der Waals surface area contributed by atoms with Crippen LogP contribution in [0.15, 0.2) is 43.0 Å². The maximum Gasteiger partial charge on any atom is 0.418 e. The quantitative estimate of drug-likeness (QED) is 0.471. The minimum Gasteiger partial charge on any atom is -0.444 e. The lowest BCUT2D eigenvalue weighted by Crippen LogP contribution is -2.49. The number of piperazine rings is 1. The molecular formula is C30H36N6O5. The van der Waals surface area contributed by atoms with Crippen LogP contribution in [0.2, 0.25) is 0 Å². The minimum absolute atomic E-state index is 0.0305. The third kappa shape index (κ3) is 8.05. The predicted molar refractivity (Wildman–Crippen MR) is 154 cm³/mol. The molecule has 1 saturated heterocycles. The van der Waals surface area contributed by atoms with Crippen LogP contribution in [0.1, 0.15) is 52.8 Å². The molecule has 0 saturated carbocycles. The first-order valence-corrected chi connectivity index (χ1v) is 13.4. The van der Waals surface area contributed by atoms with Crippen molar-refractivity contribution >= 4 is 34.7 Å². The Morgan fingerprint density at radius 1 is 1.02 bits per heavy atom. The van der Waals surface area contributed by atoms with Crippen molar-refractivity contribution in [1.29, 1.82) is 0 Å². The van der Waals surface area contributed by atoms with Gasteiger partial charge >= 0.3 is 12.2 Å². The largest absolute Gasteiger partial charge is 0.444 e. The molecule has 41 heavy (non-hydrogen) atoms. The van der Waals surface area contributed by atoms with Gasteiger partial charge in [-0.25, -0.2) is 9.59 Å². The Hall–Kier alpha value is -4.43. The highest BCUT2D eigenvalue weighted by atomic mass is 16.6. The van der Waals surface area contributed by atoms with Gasteiger partial charge in [0.05, 0.1) is 42.1 Å². The molecule has 0 unspecified atom stereocenters. The van der Waals surface area contributed by atoms with E-state index in [1.807, 2.05) is 31.7 Å². The fourth-order valence-corrected chi connectivity index (χ4v) is 4.23. The van der Waals surface area contributed by atoms with Crippen LogP contribution in [0, 0.1) is 11.8 Å². The molecule has 1 aliphatic heterocycles. The van der Waals surface area contributed by atoms with Crippen LogP contribution in [0.25, 0.3) is 10.9 Å². The number of anilines is 1. The second-order valence-corrected chi connectivity index (χ2v) is 11.7. The summed E-state index contributed by atoms with van der Waals surface area (Å²) in [6.45, 7) is 12.9. The summed E-state index contributed by atoms with van der Waals surface area (Å²) in [6, 6.07) is 5.24. The monoisotopic (exact) mass is 560 g/mol. The van der Waals surface area contributed by atoms with Gasteiger partial charge in [0.2, 0.25) is 5.91 Å². The average molecular weight is 561 g/mol. The van der Waals surface area contributed by atoms with Crippen LogP contribution in [-0.2, 0) is 20.8 Å². The van der Waals surface area contributed by atoms with Gasteiger partial charge in [-0.15, -0.1) is 0 Å². The van der Waals surface area contributed by atoms with Crippen molar-refractivity contribution in [3.05, 3.63) is 54.2 Å². The standard InChI is InChI=1S/C30H36N6O5/c1-29(2,3)40-27(38)33-23-9-12-31-18-21(23)8-7-14-34-16-17-35(26(37)20-34)19-24-22-11-15-36(25(22)10-13-32-24)28(39)41-30(4,5)6/h9-13,15,18H,14,16-17,19-20H2,1-6H3,(H,31,33,38). The molecule has 0 radical (unpaired) electrons. The van der Waals surface area contributed by atoms with Gasteiger partial charge in [-0.2, -0.15) is 0 Å². The summed E-state index contributed by atoms with van der Waals surface area (Å²) in [6.07, 6.45) is 5.41. The van der Waals surface area contributed by atoms with Crippen molar-refractivity contribution in [3.8, 4) is 11.8 Å². The number of ether oxygens (including phenoxy) is 2. The molecule has 0 bridgehead atoms. The van der Waals surface area contributed by atoms with Gasteiger partial charge in [0.1, 0.15) is 11.2 Å². The number of hydrogen-bond acceptors (Lipinski definition) is 8. The average Bonchev–Trinajstić information content (AvgIpc) is 3.30. The SMILES string of the molecule is CC(C)(C)OC(=O)Nc1ccncc1C#CCN1CCN(Cc2nccc3c2ccn3C(=O)OC(C)(C)C)C(=O)C1. The first kappa shape index (κ1) is 29.6. The zero-order chi connectivity index (χ0) is 29.8. The Morgan fingerprint density at radius 3 is 2.49 bits per heavy atom. The number of amides is 2. The summed E-state index contributed by atoms with van der Waals surface area (Å²) < 4.78 is 12.3. The number of carbonyl (C=O) groups excluding carboxylic acids is 3. The normalized spacial score (nSPS) is 14.4. The van der Waals surface area contributed by atoms with Crippen LogP contribution < -0.4 is 5.32 Å². The van der Waals surface area contributed by atoms with E-state index in [1.165, 1.54) is 4.57 Å². The molecule has 4 heterocycles. The second-order valence-electron chi connectivity index (χ2n) is 11.7. The molecule has 1 aliphatic rings. The highest BCUT2D eigenvalue weighted by Gasteiger charge is 2.25. The summed E-state index contributed by atoms with van der Waals surface area (Å²) in [4.78, 5) is 50.1. The van der Waals surface area contributed by atoms with E-state index in [-0.39, 0.29) is 12.5 Å². The zero-order valence-corrected chi connectivity index (χ0v) is 24.4. The molecule has 1 fully saturated rings. The summed E-state index contributed by atoms with van der Waals surface area (Å²) >= 11 is 0. The third-order valence-electron chi connectivity index (χ3n) is 6.01. The van der Waals surface area contributed by atoms with Gasteiger partial charge in [-0.3, -0.25) is 29.5 Å². The van der Waals surface area contributed by atoms with E-state index in [9.17, 15) is 14.4 Å². The maximum absolute atomic E-state index is 13.0.